The van der Waals surface area contributed by atoms with E-state index in [2.05, 4.69) is 6.58 Å². The van der Waals surface area contributed by atoms with Crippen molar-refractivity contribution < 1.29 is 17.5 Å². The van der Waals surface area contributed by atoms with Crippen molar-refractivity contribution in [1.29, 1.82) is 0 Å². The fourth-order valence-electron chi connectivity index (χ4n) is 1.56. The summed E-state index contributed by atoms with van der Waals surface area (Å²) >= 11 is 5.63. The van der Waals surface area contributed by atoms with Crippen molar-refractivity contribution in [1.82, 2.24) is 4.31 Å². The van der Waals surface area contributed by atoms with Gasteiger partial charge in [0.2, 0.25) is 10.0 Å². The van der Waals surface area contributed by atoms with Crippen molar-refractivity contribution in [2.75, 3.05) is 32.5 Å². The first-order chi connectivity index (χ1) is 9.34. The van der Waals surface area contributed by atoms with Gasteiger partial charge in [0.1, 0.15) is 4.90 Å². The molecule has 0 saturated carbocycles. The third-order valence-corrected chi connectivity index (χ3v) is 4.65. The van der Waals surface area contributed by atoms with Crippen LogP contribution >= 0.6 is 11.6 Å². The highest BCUT2D eigenvalue weighted by molar-refractivity contribution is 7.89. The van der Waals surface area contributed by atoms with Gasteiger partial charge in [0.15, 0.2) is 5.82 Å². The van der Waals surface area contributed by atoms with Crippen LogP contribution in [-0.2, 0) is 14.8 Å². The molecular formula is C12H16ClFN2O3S. The zero-order valence-electron chi connectivity index (χ0n) is 11.0. The lowest BCUT2D eigenvalue weighted by molar-refractivity contribution is 0.182. The van der Waals surface area contributed by atoms with E-state index >= 15 is 0 Å². The van der Waals surface area contributed by atoms with E-state index in [1.165, 1.54) is 13.2 Å². The Labute approximate surface area is 122 Å². The standard InChI is InChI=1S/C12H16ClFN2O3S/c1-3-4-16(5-6-19-2)20(17,18)11-8-9(15)7-10(13)12(11)14/h3,7-8H,1,4-6,15H2,2H3. The molecule has 0 bridgehead atoms. The highest BCUT2D eigenvalue weighted by Crippen LogP contribution is 2.27. The molecule has 0 amide bonds. The number of rotatable bonds is 7. The SMILES string of the molecule is C=CCN(CCOC)S(=O)(=O)c1cc(N)cc(Cl)c1F. The smallest absolute Gasteiger partial charge is 0.246 e. The fraction of sp³-hybridized carbons (Fsp3) is 0.333. The highest BCUT2D eigenvalue weighted by Gasteiger charge is 2.28. The van der Waals surface area contributed by atoms with Crippen molar-refractivity contribution in [3.05, 3.63) is 35.6 Å². The summed E-state index contributed by atoms with van der Waals surface area (Å²) in [7, 11) is -2.63. The average Bonchev–Trinajstić information content (AvgIpc) is 2.38. The van der Waals surface area contributed by atoms with Crippen LogP contribution in [0.3, 0.4) is 0 Å². The maximum absolute atomic E-state index is 13.9. The van der Waals surface area contributed by atoms with E-state index in [0.29, 0.717) is 0 Å². The number of halogens is 2. The van der Waals surface area contributed by atoms with Crippen molar-refractivity contribution >= 4 is 27.3 Å². The van der Waals surface area contributed by atoms with Crippen molar-refractivity contribution in [2.45, 2.75) is 4.90 Å². The van der Waals surface area contributed by atoms with Gasteiger partial charge >= 0.3 is 0 Å². The second-order valence-corrected chi connectivity index (χ2v) is 6.27. The van der Waals surface area contributed by atoms with Crippen LogP contribution in [0.5, 0.6) is 0 Å². The van der Waals surface area contributed by atoms with Gasteiger partial charge in [-0.1, -0.05) is 17.7 Å². The number of hydrogen-bond donors (Lipinski definition) is 1. The molecule has 0 aliphatic carbocycles. The van der Waals surface area contributed by atoms with Gasteiger partial charge in [-0.05, 0) is 12.1 Å². The van der Waals surface area contributed by atoms with Crippen LogP contribution in [0.2, 0.25) is 5.02 Å². The topological polar surface area (TPSA) is 72.6 Å². The predicted octanol–water partition coefficient (Wildman–Crippen LogP) is 1.88. The molecule has 0 fully saturated rings. The molecule has 0 saturated heterocycles. The van der Waals surface area contributed by atoms with Gasteiger partial charge in [0.25, 0.3) is 0 Å². The number of nitrogens with zero attached hydrogens (tertiary/aromatic N) is 1. The molecule has 0 unspecified atom stereocenters. The molecule has 1 aromatic rings. The Hall–Kier alpha value is -1.15. The monoisotopic (exact) mass is 322 g/mol. The number of benzene rings is 1. The Morgan fingerprint density at radius 3 is 2.75 bits per heavy atom. The lowest BCUT2D eigenvalue weighted by atomic mass is 10.3. The summed E-state index contributed by atoms with van der Waals surface area (Å²) in [5.41, 5.74) is 5.59. The summed E-state index contributed by atoms with van der Waals surface area (Å²) < 4.78 is 44.7. The van der Waals surface area contributed by atoms with Gasteiger partial charge in [0.05, 0.1) is 11.6 Å². The van der Waals surface area contributed by atoms with E-state index < -0.39 is 20.7 Å². The van der Waals surface area contributed by atoms with Crippen LogP contribution in [0.1, 0.15) is 0 Å². The zero-order chi connectivity index (χ0) is 15.3. The number of nitrogens with two attached hydrogens (primary N) is 1. The Kier molecular flexibility index (Phi) is 5.94. The summed E-state index contributed by atoms with van der Waals surface area (Å²) in [6, 6.07) is 2.20. The van der Waals surface area contributed by atoms with E-state index in [0.717, 1.165) is 16.4 Å². The Morgan fingerprint density at radius 1 is 1.55 bits per heavy atom. The van der Waals surface area contributed by atoms with E-state index in [9.17, 15) is 12.8 Å². The van der Waals surface area contributed by atoms with Crippen LogP contribution < -0.4 is 5.73 Å². The van der Waals surface area contributed by atoms with Crippen LogP contribution in [0.4, 0.5) is 10.1 Å². The van der Waals surface area contributed by atoms with Crippen molar-refractivity contribution in [2.24, 2.45) is 0 Å². The van der Waals surface area contributed by atoms with Crippen LogP contribution in [-0.4, -0.2) is 39.5 Å². The van der Waals surface area contributed by atoms with Gasteiger partial charge in [-0.3, -0.25) is 0 Å². The molecule has 0 spiro atoms. The summed E-state index contributed by atoms with van der Waals surface area (Å²) in [5, 5.41) is -0.339. The molecule has 20 heavy (non-hydrogen) atoms. The summed E-state index contributed by atoms with van der Waals surface area (Å²) in [6.07, 6.45) is 1.40. The minimum atomic E-state index is -4.07. The minimum absolute atomic E-state index is 0.0253. The first-order valence-corrected chi connectivity index (χ1v) is 7.51. The Morgan fingerprint density at radius 2 is 2.20 bits per heavy atom. The van der Waals surface area contributed by atoms with Gasteiger partial charge in [-0.15, -0.1) is 6.58 Å². The fourth-order valence-corrected chi connectivity index (χ4v) is 3.36. The summed E-state index contributed by atoms with van der Waals surface area (Å²) in [4.78, 5) is -0.555. The molecule has 5 nitrogen and oxygen atoms in total. The molecule has 2 N–H and O–H groups in total. The van der Waals surface area contributed by atoms with Gasteiger partial charge in [-0.25, -0.2) is 12.8 Å². The highest BCUT2D eigenvalue weighted by atomic mass is 35.5. The Balaban J connectivity index is 3.28. The third kappa shape index (κ3) is 3.69. The number of sulfonamides is 1. The number of ether oxygens (including phenoxy) is 1. The van der Waals surface area contributed by atoms with Crippen LogP contribution in [0.25, 0.3) is 0 Å². The molecular weight excluding hydrogens is 307 g/mol. The lowest BCUT2D eigenvalue weighted by Gasteiger charge is -2.21. The van der Waals surface area contributed by atoms with Crippen LogP contribution in [0.15, 0.2) is 29.7 Å². The summed E-state index contributed by atoms with van der Waals surface area (Å²) in [6.45, 7) is 3.74. The largest absolute Gasteiger partial charge is 0.399 e. The number of methoxy groups -OCH3 is 1. The lowest BCUT2D eigenvalue weighted by Crippen LogP contribution is -2.34. The zero-order valence-corrected chi connectivity index (χ0v) is 12.5. The maximum atomic E-state index is 13.9. The van der Waals surface area contributed by atoms with E-state index in [-0.39, 0.29) is 30.4 Å². The molecule has 112 valence electrons. The molecule has 0 aromatic heterocycles. The first-order valence-electron chi connectivity index (χ1n) is 5.69. The second-order valence-electron chi connectivity index (χ2n) is 3.96. The molecule has 1 rings (SSSR count). The van der Waals surface area contributed by atoms with E-state index in [1.54, 1.807) is 0 Å². The quantitative estimate of drug-likeness (QED) is 0.614. The van der Waals surface area contributed by atoms with E-state index in [1.807, 2.05) is 0 Å². The predicted molar refractivity (Wildman–Crippen MR) is 76.7 cm³/mol. The molecule has 0 heterocycles. The first kappa shape index (κ1) is 16.9. The number of hydrogen-bond acceptors (Lipinski definition) is 4. The second kappa shape index (κ2) is 7.03. The molecule has 0 radical (unpaired) electrons. The normalized spacial score (nSPS) is 11.8. The van der Waals surface area contributed by atoms with Crippen molar-refractivity contribution in [3.8, 4) is 0 Å². The molecule has 0 aliphatic rings. The summed E-state index contributed by atoms with van der Waals surface area (Å²) in [5.74, 6) is -1.02. The minimum Gasteiger partial charge on any atom is -0.399 e. The van der Waals surface area contributed by atoms with Gasteiger partial charge < -0.3 is 10.5 Å². The molecule has 0 atom stereocenters. The van der Waals surface area contributed by atoms with Crippen molar-refractivity contribution in [3.63, 3.8) is 0 Å². The third-order valence-electron chi connectivity index (χ3n) is 2.51. The van der Waals surface area contributed by atoms with E-state index in [4.69, 9.17) is 22.1 Å². The molecule has 1 aromatic carbocycles. The average molecular weight is 323 g/mol. The number of nitrogen functional groups attached to an aromatic ring is 1. The van der Waals surface area contributed by atoms with Gasteiger partial charge in [-0.2, -0.15) is 4.31 Å². The maximum Gasteiger partial charge on any atom is 0.246 e. The van der Waals surface area contributed by atoms with Gasteiger partial charge in [0, 0.05) is 25.9 Å². The molecule has 8 heteroatoms. The number of anilines is 1. The molecule has 0 aliphatic heterocycles. The Bertz CT molecular complexity index is 593. The van der Waals surface area contributed by atoms with Crippen LogP contribution in [0, 0.1) is 5.82 Å².